The van der Waals surface area contributed by atoms with E-state index in [2.05, 4.69) is 0 Å². The molecule has 0 aromatic heterocycles. The van der Waals surface area contributed by atoms with Crippen LogP contribution < -0.4 is 0 Å². The van der Waals surface area contributed by atoms with Gasteiger partial charge >= 0.3 is 5.97 Å². The topological polar surface area (TPSA) is 63.7 Å². The molecule has 1 heterocycles. The average Bonchev–Trinajstić information content (AvgIpc) is 2.84. The molecule has 0 spiro atoms. The van der Waals surface area contributed by atoms with Crippen molar-refractivity contribution in [1.82, 2.24) is 4.90 Å². The van der Waals surface area contributed by atoms with E-state index in [4.69, 9.17) is 4.74 Å². The fourth-order valence-electron chi connectivity index (χ4n) is 2.98. The highest BCUT2D eigenvalue weighted by Gasteiger charge is 2.42. The lowest BCUT2D eigenvalue weighted by molar-refractivity contribution is -0.149. The first-order chi connectivity index (χ1) is 11.5. The Hall–Kier alpha value is -2.95. The summed E-state index contributed by atoms with van der Waals surface area (Å²) < 4.78 is 5.42. The zero-order valence-electron chi connectivity index (χ0n) is 13.4. The second-order valence-corrected chi connectivity index (χ2v) is 5.71. The number of ether oxygens (including phenoxy) is 1. The van der Waals surface area contributed by atoms with Crippen molar-refractivity contribution >= 4 is 17.8 Å². The van der Waals surface area contributed by atoms with Crippen LogP contribution in [-0.4, -0.2) is 28.7 Å². The Morgan fingerprint density at radius 1 is 0.917 bits per heavy atom. The van der Waals surface area contributed by atoms with Gasteiger partial charge in [0, 0.05) is 6.92 Å². The summed E-state index contributed by atoms with van der Waals surface area (Å²) in [6.45, 7) is 3.02. The molecule has 0 saturated heterocycles. The van der Waals surface area contributed by atoms with Crippen LogP contribution in [0.1, 0.15) is 46.2 Å². The van der Waals surface area contributed by atoms with Crippen molar-refractivity contribution in [3.8, 4) is 0 Å². The smallest absolute Gasteiger partial charge is 0.303 e. The molecule has 2 amide bonds. The number of imide groups is 1. The Kier molecular flexibility index (Phi) is 4.16. The van der Waals surface area contributed by atoms with E-state index in [1.54, 1.807) is 31.2 Å². The van der Waals surface area contributed by atoms with Crippen LogP contribution in [0.5, 0.6) is 0 Å². The lowest BCUT2D eigenvalue weighted by Gasteiger charge is -2.30. The van der Waals surface area contributed by atoms with Crippen LogP contribution in [0.3, 0.4) is 0 Å². The molecule has 0 aliphatic carbocycles. The summed E-state index contributed by atoms with van der Waals surface area (Å²) in [4.78, 5) is 38.0. The minimum atomic E-state index is -0.717. The van der Waals surface area contributed by atoms with Crippen LogP contribution in [-0.2, 0) is 9.53 Å². The van der Waals surface area contributed by atoms with Gasteiger partial charge in [-0.05, 0) is 24.6 Å². The third kappa shape index (κ3) is 2.69. The van der Waals surface area contributed by atoms with E-state index in [1.165, 1.54) is 11.8 Å². The molecule has 0 saturated carbocycles. The summed E-state index contributed by atoms with van der Waals surface area (Å²) in [6.07, 6.45) is -0.717. The summed E-state index contributed by atoms with van der Waals surface area (Å²) in [5.74, 6) is -1.19. The van der Waals surface area contributed by atoms with E-state index in [9.17, 15) is 14.4 Å². The standard InChI is InChI=1S/C19H17NO4/c1-12(17(24-13(2)21)14-8-4-3-5-9-14)20-18(22)15-10-6-7-11-16(15)19(20)23/h3-12,17H,1-2H3/t12-,17+/m1/s1. The molecule has 2 aromatic carbocycles. The summed E-state index contributed by atoms with van der Waals surface area (Å²) in [5, 5.41) is 0. The molecule has 0 bridgehead atoms. The second-order valence-electron chi connectivity index (χ2n) is 5.71. The van der Waals surface area contributed by atoms with Gasteiger partial charge in [0.1, 0.15) is 6.10 Å². The SMILES string of the molecule is CC(=O)O[C@H](c1ccccc1)[C@@H](C)N1C(=O)c2ccccc2C1=O. The fraction of sp³-hybridized carbons (Fsp3) is 0.211. The van der Waals surface area contributed by atoms with E-state index in [0.717, 1.165) is 5.56 Å². The second kappa shape index (κ2) is 6.28. The zero-order valence-corrected chi connectivity index (χ0v) is 13.4. The van der Waals surface area contributed by atoms with Gasteiger partial charge in [0.2, 0.25) is 0 Å². The summed E-state index contributed by atoms with van der Waals surface area (Å²) >= 11 is 0. The Balaban J connectivity index is 1.97. The largest absolute Gasteiger partial charge is 0.455 e. The van der Waals surface area contributed by atoms with Gasteiger partial charge in [0.15, 0.2) is 0 Å². The number of benzene rings is 2. The zero-order chi connectivity index (χ0) is 17.3. The van der Waals surface area contributed by atoms with Crippen LogP contribution in [0.4, 0.5) is 0 Å². The van der Waals surface area contributed by atoms with Crippen molar-refractivity contribution in [2.45, 2.75) is 26.0 Å². The molecular weight excluding hydrogens is 306 g/mol. The number of carbonyl (C=O) groups excluding carboxylic acids is 3. The Morgan fingerprint density at radius 2 is 1.42 bits per heavy atom. The summed E-state index contributed by atoms with van der Waals surface area (Å²) in [7, 11) is 0. The minimum absolute atomic E-state index is 0.365. The van der Waals surface area contributed by atoms with Crippen molar-refractivity contribution in [2.75, 3.05) is 0 Å². The molecule has 5 nitrogen and oxygen atoms in total. The first kappa shape index (κ1) is 15.9. The van der Waals surface area contributed by atoms with E-state index in [1.807, 2.05) is 30.3 Å². The lowest BCUT2D eigenvalue weighted by atomic mass is 10.0. The third-order valence-electron chi connectivity index (χ3n) is 4.09. The molecule has 0 fully saturated rings. The van der Waals surface area contributed by atoms with E-state index in [0.29, 0.717) is 11.1 Å². The molecule has 1 aliphatic rings. The molecule has 1 aliphatic heterocycles. The monoisotopic (exact) mass is 323 g/mol. The van der Waals surface area contributed by atoms with E-state index < -0.39 is 18.1 Å². The van der Waals surface area contributed by atoms with Crippen LogP contribution in [0.25, 0.3) is 0 Å². The van der Waals surface area contributed by atoms with Gasteiger partial charge in [-0.3, -0.25) is 19.3 Å². The van der Waals surface area contributed by atoms with Gasteiger partial charge in [0.05, 0.1) is 17.2 Å². The number of carbonyl (C=O) groups is 3. The number of nitrogens with zero attached hydrogens (tertiary/aromatic N) is 1. The van der Waals surface area contributed by atoms with Gasteiger partial charge in [-0.15, -0.1) is 0 Å². The first-order valence-corrected chi connectivity index (χ1v) is 7.70. The van der Waals surface area contributed by atoms with E-state index >= 15 is 0 Å². The van der Waals surface area contributed by atoms with Gasteiger partial charge in [-0.25, -0.2) is 0 Å². The molecular formula is C19H17NO4. The van der Waals surface area contributed by atoms with Gasteiger partial charge in [-0.1, -0.05) is 42.5 Å². The number of hydrogen-bond acceptors (Lipinski definition) is 4. The number of esters is 1. The highest BCUT2D eigenvalue weighted by Crippen LogP contribution is 2.31. The number of hydrogen-bond donors (Lipinski definition) is 0. The minimum Gasteiger partial charge on any atom is -0.455 e. The van der Waals surface area contributed by atoms with Crippen molar-refractivity contribution in [1.29, 1.82) is 0 Å². The van der Waals surface area contributed by atoms with Crippen LogP contribution in [0, 0.1) is 0 Å². The Bertz CT molecular complexity index is 765. The van der Waals surface area contributed by atoms with Crippen molar-refractivity contribution in [2.24, 2.45) is 0 Å². The molecule has 2 atom stereocenters. The molecule has 0 radical (unpaired) electrons. The van der Waals surface area contributed by atoms with Crippen molar-refractivity contribution in [3.63, 3.8) is 0 Å². The normalized spacial score (nSPS) is 15.8. The maximum Gasteiger partial charge on any atom is 0.303 e. The quantitative estimate of drug-likeness (QED) is 0.641. The van der Waals surface area contributed by atoms with Crippen LogP contribution in [0.2, 0.25) is 0 Å². The highest BCUT2D eigenvalue weighted by atomic mass is 16.5. The van der Waals surface area contributed by atoms with Gasteiger partial charge in [-0.2, -0.15) is 0 Å². The highest BCUT2D eigenvalue weighted by molar-refractivity contribution is 6.21. The maximum atomic E-state index is 12.6. The van der Waals surface area contributed by atoms with Crippen molar-refractivity contribution < 1.29 is 19.1 Å². The third-order valence-corrected chi connectivity index (χ3v) is 4.09. The number of rotatable bonds is 4. The predicted octanol–water partition coefficient (Wildman–Crippen LogP) is 2.98. The predicted molar refractivity (Wildman–Crippen MR) is 87.4 cm³/mol. The first-order valence-electron chi connectivity index (χ1n) is 7.70. The average molecular weight is 323 g/mol. The van der Waals surface area contributed by atoms with Crippen LogP contribution >= 0.6 is 0 Å². The molecule has 5 heteroatoms. The maximum absolute atomic E-state index is 12.6. The Morgan fingerprint density at radius 3 is 1.92 bits per heavy atom. The molecule has 2 aromatic rings. The van der Waals surface area contributed by atoms with Crippen molar-refractivity contribution in [3.05, 3.63) is 71.3 Å². The van der Waals surface area contributed by atoms with Crippen LogP contribution in [0.15, 0.2) is 54.6 Å². The van der Waals surface area contributed by atoms with Gasteiger partial charge < -0.3 is 4.74 Å². The number of fused-ring (bicyclic) bond motifs is 1. The molecule has 3 rings (SSSR count). The molecule has 122 valence electrons. The summed E-state index contributed by atoms with van der Waals surface area (Å²) in [6, 6.07) is 15.2. The molecule has 0 N–H and O–H groups in total. The number of amides is 2. The summed E-state index contributed by atoms with van der Waals surface area (Å²) in [5.41, 5.74) is 1.49. The lowest BCUT2D eigenvalue weighted by Crippen LogP contribution is -2.42. The molecule has 0 unspecified atom stereocenters. The fourth-order valence-corrected chi connectivity index (χ4v) is 2.98. The van der Waals surface area contributed by atoms with Gasteiger partial charge in [0.25, 0.3) is 11.8 Å². The van der Waals surface area contributed by atoms with E-state index in [-0.39, 0.29) is 11.8 Å². The Labute approximate surface area is 139 Å². The molecule has 24 heavy (non-hydrogen) atoms.